The van der Waals surface area contributed by atoms with E-state index >= 15 is 0 Å². The number of hydrogen-bond donors (Lipinski definition) is 1. The van der Waals surface area contributed by atoms with Crippen molar-refractivity contribution in [2.24, 2.45) is 0 Å². The molecule has 0 heterocycles. The second-order valence-electron chi connectivity index (χ2n) is 6.36. The van der Waals surface area contributed by atoms with Crippen molar-refractivity contribution in [1.29, 1.82) is 0 Å². The molecule has 0 saturated heterocycles. The highest BCUT2D eigenvalue weighted by Crippen LogP contribution is 2.22. The Hall–Kier alpha value is -1.50. The summed E-state index contributed by atoms with van der Waals surface area (Å²) in [5.74, 6) is 0.0367. The molecule has 0 fully saturated rings. The van der Waals surface area contributed by atoms with Crippen molar-refractivity contribution in [1.82, 2.24) is 10.2 Å². The van der Waals surface area contributed by atoms with Gasteiger partial charge in [-0.1, -0.05) is 46.6 Å². The zero-order valence-corrected chi connectivity index (χ0v) is 19.1. The van der Waals surface area contributed by atoms with Crippen molar-refractivity contribution in [3.8, 4) is 0 Å². The zero-order chi connectivity index (χ0) is 20.5. The Morgan fingerprint density at radius 2 is 1.79 bits per heavy atom. The quantitative estimate of drug-likeness (QED) is 0.503. The average Bonchev–Trinajstić information content (AvgIpc) is 2.70. The normalized spacial score (nSPS) is 11.7. The molecule has 4 nitrogen and oxygen atoms in total. The van der Waals surface area contributed by atoms with Gasteiger partial charge in [-0.05, 0) is 55.3 Å². The summed E-state index contributed by atoms with van der Waals surface area (Å²) in [4.78, 5) is 28.0. The molecule has 2 amide bonds. The number of carbonyl (C=O) groups excluding carboxylic acids is 2. The summed E-state index contributed by atoms with van der Waals surface area (Å²) < 4.78 is 0.973. The van der Waals surface area contributed by atoms with Crippen LogP contribution in [0.2, 0.25) is 5.02 Å². The number of hydrogen-bond acceptors (Lipinski definition) is 3. The third-order valence-electron chi connectivity index (χ3n) is 4.16. The minimum absolute atomic E-state index is 0.0815. The van der Waals surface area contributed by atoms with Gasteiger partial charge in [0.25, 0.3) is 0 Å². The smallest absolute Gasteiger partial charge is 0.242 e. The summed E-state index contributed by atoms with van der Waals surface area (Å²) in [7, 11) is 0. The number of benzene rings is 2. The van der Waals surface area contributed by atoms with Gasteiger partial charge in [0.05, 0.1) is 5.75 Å². The number of amides is 2. The summed E-state index contributed by atoms with van der Waals surface area (Å²) in [5, 5.41) is 3.54. The Labute approximate surface area is 184 Å². The van der Waals surface area contributed by atoms with Gasteiger partial charge in [0.15, 0.2) is 0 Å². The maximum atomic E-state index is 13.0. The van der Waals surface area contributed by atoms with Crippen LogP contribution in [0.15, 0.2) is 57.9 Å². The lowest BCUT2D eigenvalue weighted by Gasteiger charge is -2.28. The van der Waals surface area contributed by atoms with Crippen molar-refractivity contribution in [2.75, 3.05) is 12.3 Å². The van der Waals surface area contributed by atoms with E-state index in [1.807, 2.05) is 43.3 Å². The molecule has 0 aliphatic heterocycles. The second-order valence-corrected chi connectivity index (χ2v) is 8.76. The van der Waals surface area contributed by atoms with Gasteiger partial charge in [-0.25, -0.2) is 0 Å². The highest BCUT2D eigenvalue weighted by atomic mass is 79.9. The summed E-state index contributed by atoms with van der Waals surface area (Å²) in [6.45, 7) is 4.75. The molecule has 1 N–H and O–H groups in total. The maximum Gasteiger partial charge on any atom is 0.242 e. The SMILES string of the molecule is CCCNC(=O)[C@H](C)N(Cc1ccc(Br)cc1)C(=O)CSc1ccc(Cl)cc1. The number of thioether (sulfide) groups is 1. The fraction of sp³-hybridized carbons (Fsp3) is 0.333. The molecule has 1 atom stereocenters. The maximum absolute atomic E-state index is 13.0. The average molecular weight is 484 g/mol. The molecule has 0 spiro atoms. The number of rotatable bonds is 9. The summed E-state index contributed by atoms with van der Waals surface area (Å²) in [6.07, 6.45) is 0.853. The molecule has 28 heavy (non-hydrogen) atoms. The molecule has 2 aromatic rings. The lowest BCUT2D eigenvalue weighted by molar-refractivity contribution is -0.138. The molecule has 7 heteroatoms. The van der Waals surface area contributed by atoms with E-state index in [0.717, 1.165) is 21.4 Å². The highest BCUT2D eigenvalue weighted by Gasteiger charge is 2.25. The lowest BCUT2D eigenvalue weighted by Crippen LogP contribution is -2.48. The fourth-order valence-electron chi connectivity index (χ4n) is 2.52. The first-order valence-corrected chi connectivity index (χ1v) is 11.3. The predicted octanol–water partition coefficient (Wildman–Crippen LogP) is 5.14. The van der Waals surface area contributed by atoms with Gasteiger partial charge in [0.2, 0.25) is 11.8 Å². The first-order valence-electron chi connectivity index (χ1n) is 9.10. The van der Waals surface area contributed by atoms with Gasteiger partial charge >= 0.3 is 0 Å². The molecule has 0 aliphatic rings. The van der Waals surface area contributed by atoms with E-state index in [-0.39, 0.29) is 17.6 Å². The van der Waals surface area contributed by atoms with E-state index in [4.69, 9.17) is 11.6 Å². The molecular weight excluding hydrogens is 460 g/mol. The van der Waals surface area contributed by atoms with Crippen LogP contribution in [-0.2, 0) is 16.1 Å². The first kappa shape index (κ1) is 22.8. The van der Waals surface area contributed by atoms with E-state index < -0.39 is 6.04 Å². The number of halogens is 2. The van der Waals surface area contributed by atoms with Crippen LogP contribution in [0, 0.1) is 0 Å². The molecule has 2 aromatic carbocycles. The van der Waals surface area contributed by atoms with Gasteiger partial charge in [0, 0.05) is 27.5 Å². The topological polar surface area (TPSA) is 49.4 Å². The predicted molar refractivity (Wildman–Crippen MR) is 120 cm³/mol. The van der Waals surface area contributed by atoms with E-state index in [2.05, 4.69) is 21.2 Å². The minimum atomic E-state index is -0.548. The Morgan fingerprint density at radius 1 is 1.14 bits per heavy atom. The van der Waals surface area contributed by atoms with E-state index in [1.54, 1.807) is 24.0 Å². The summed E-state index contributed by atoms with van der Waals surface area (Å²) >= 11 is 10.8. The van der Waals surface area contributed by atoms with Crippen LogP contribution < -0.4 is 5.32 Å². The third kappa shape index (κ3) is 7.15. The van der Waals surface area contributed by atoms with Gasteiger partial charge in [-0.2, -0.15) is 0 Å². The van der Waals surface area contributed by atoms with E-state index in [9.17, 15) is 9.59 Å². The van der Waals surface area contributed by atoms with Crippen molar-refractivity contribution in [2.45, 2.75) is 37.8 Å². The van der Waals surface area contributed by atoms with Crippen molar-refractivity contribution in [3.05, 3.63) is 63.6 Å². The van der Waals surface area contributed by atoms with Crippen molar-refractivity contribution in [3.63, 3.8) is 0 Å². The van der Waals surface area contributed by atoms with Crippen LogP contribution in [0.25, 0.3) is 0 Å². The monoisotopic (exact) mass is 482 g/mol. The standard InChI is InChI=1S/C21H24BrClN2O2S/c1-3-12-24-21(27)15(2)25(13-16-4-6-17(22)7-5-16)20(26)14-28-19-10-8-18(23)9-11-19/h4-11,15H,3,12-14H2,1-2H3,(H,24,27)/t15-/m0/s1. The van der Waals surface area contributed by atoms with Crippen LogP contribution in [0.1, 0.15) is 25.8 Å². The van der Waals surface area contributed by atoms with E-state index in [0.29, 0.717) is 18.1 Å². The number of nitrogens with one attached hydrogen (secondary N) is 1. The fourth-order valence-corrected chi connectivity index (χ4v) is 3.70. The molecule has 0 aromatic heterocycles. The van der Waals surface area contributed by atoms with Gasteiger partial charge in [0.1, 0.15) is 6.04 Å². The van der Waals surface area contributed by atoms with Gasteiger partial charge < -0.3 is 10.2 Å². The van der Waals surface area contributed by atoms with Crippen LogP contribution in [0.4, 0.5) is 0 Å². The Bertz CT molecular complexity index is 784. The Balaban J connectivity index is 2.10. The second kappa shape index (κ2) is 11.5. The van der Waals surface area contributed by atoms with Gasteiger partial charge in [-0.3, -0.25) is 9.59 Å². The zero-order valence-electron chi connectivity index (χ0n) is 16.0. The molecule has 2 rings (SSSR count). The molecule has 150 valence electrons. The number of nitrogens with zero attached hydrogens (tertiary/aromatic N) is 1. The molecule has 0 aliphatic carbocycles. The minimum Gasteiger partial charge on any atom is -0.354 e. The largest absolute Gasteiger partial charge is 0.354 e. The summed E-state index contributed by atoms with van der Waals surface area (Å²) in [5.41, 5.74) is 0.975. The van der Waals surface area contributed by atoms with Crippen molar-refractivity contribution < 1.29 is 9.59 Å². The lowest BCUT2D eigenvalue weighted by atomic mass is 10.1. The van der Waals surface area contributed by atoms with Crippen LogP contribution >= 0.6 is 39.3 Å². The third-order valence-corrected chi connectivity index (χ3v) is 5.94. The molecule has 0 bridgehead atoms. The van der Waals surface area contributed by atoms with E-state index in [1.165, 1.54) is 11.8 Å². The molecular formula is C21H24BrClN2O2S. The highest BCUT2D eigenvalue weighted by molar-refractivity contribution is 9.10. The van der Waals surface area contributed by atoms with Crippen LogP contribution in [-0.4, -0.2) is 35.1 Å². The number of carbonyl (C=O) groups is 2. The molecule has 0 radical (unpaired) electrons. The van der Waals surface area contributed by atoms with Crippen LogP contribution in [0.5, 0.6) is 0 Å². The molecule has 0 unspecified atom stereocenters. The Morgan fingerprint density at radius 3 is 2.39 bits per heavy atom. The van der Waals surface area contributed by atoms with Crippen LogP contribution in [0.3, 0.4) is 0 Å². The van der Waals surface area contributed by atoms with Gasteiger partial charge in [-0.15, -0.1) is 11.8 Å². The molecule has 0 saturated carbocycles. The van der Waals surface area contributed by atoms with Crippen molar-refractivity contribution >= 4 is 51.1 Å². The Kier molecular flexibility index (Phi) is 9.35. The first-order chi connectivity index (χ1) is 13.4. The summed E-state index contributed by atoms with van der Waals surface area (Å²) in [6, 6.07) is 14.6.